The van der Waals surface area contributed by atoms with E-state index in [0.717, 1.165) is 76.9 Å². The maximum absolute atomic E-state index is 13.1. The van der Waals surface area contributed by atoms with Crippen LogP contribution in [0.1, 0.15) is 92.8 Å². The number of carboxylic acid groups (broad SMARTS) is 12. The first-order valence-electron chi connectivity index (χ1n) is 36.5. The third-order valence-corrected chi connectivity index (χ3v) is 25.9. The molecular weight excluding hydrogens is 2230 g/mol. The van der Waals surface area contributed by atoms with Crippen LogP contribution in [0.15, 0.2) is 48.5 Å². The van der Waals surface area contributed by atoms with Gasteiger partial charge in [-0.2, -0.15) is 0 Å². The molecule has 2 aromatic rings. The minimum atomic E-state index is -1.55. The van der Waals surface area contributed by atoms with Gasteiger partial charge in [-0.15, -0.1) is 0 Å². The third-order valence-electron chi connectivity index (χ3n) is 15.6. The molecule has 0 aromatic heterocycles. The minimum absolute atomic E-state index is 0. The SMILES string of the molecule is NC(CCC(=O)NC(CSSC(CNC(=O)c1cccc(C(=O)NCC(SSCC(NC(=O)CCC(N)C(=O)O)C(=O)NCC(=O)O)C(=O)O)c1)C(=O)O)C(=O)NCC(=O)O)C(=O)O.NC(CCC(=O)NC(CSSCC(NC(=O)c1cccc(C(=O)NC(CSSCC(NC(=O)CCC(N)C(=O)O)C(=O)NCC(=O)O)C(=O)O)c1)C(=O)O)C(=O)NCC(=O)O)C(=O)O.[Y].[Y].[Y].[Y]. The standard InChI is InChI=1S/2C34H46N8O18S4.4Y/c35-17(31(53)54)4-6-23(43)41-19(29(51)39-11-25(45)46)13-61-63-21(33(57)58)9-37-27(49)15-2-1-3-16(8-15)28(50)38-10-22(34(59)60)64-62-14-20(30(52)40-12-26(47)48)42-24(44)7-5-18(36)32(55)56;35-17(31(53)54)4-6-23(43)39-19(29(51)37-9-25(45)46)11-61-63-13-21(33(57)58)41-27(49)15-2-1-3-16(8-15)28(50)42-22(34(59)60)14-64-62-12-20(30(52)38-10-26(47)48)40-24(44)7-5-18(36)32(55)56;;;;/h1-3,8,17-22H,4-7,9-14,35-36H2,(H,37,49)(H,38,50)(H,39,51)(H,40,52)(H,41,43)(H,42,44)(H,45,46)(H,47,48)(H,53,54)(H,55,56)(H,57,58)(H,59,60);1-3,8,17-22H,4-7,9-14,35-36H2,(H,37,51)(H,38,52)(H,39,43)(H,40,44)(H,41,49)(H,42,50)(H,45,46)(H,47,48)(H,53,54)(H,55,56)(H,57,58)(H,59,60);;;;. The van der Waals surface area contributed by atoms with Crippen LogP contribution < -0.4 is 86.7 Å². The van der Waals surface area contributed by atoms with Gasteiger partial charge in [-0.05, 0) is 62.1 Å². The van der Waals surface area contributed by atoms with Crippen LogP contribution in [0.2, 0.25) is 0 Å². The first-order chi connectivity index (χ1) is 60.0. The molecule has 0 spiro atoms. The van der Waals surface area contributed by atoms with Gasteiger partial charge in [-0.25, -0.2) is 9.59 Å². The first kappa shape index (κ1) is 131. The Hall–Kier alpha value is -7.22. The number of benzene rings is 2. The fourth-order valence-electron chi connectivity index (χ4n) is 8.76. The molecule has 0 saturated heterocycles. The van der Waals surface area contributed by atoms with Gasteiger partial charge in [0, 0.05) is 226 Å². The molecular formula is C68H92N16O36S8Y4. The number of nitrogens with one attached hydrogen (secondary N) is 12. The zero-order valence-corrected chi connectivity index (χ0v) is 86.6. The van der Waals surface area contributed by atoms with Crippen molar-refractivity contribution in [1.29, 1.82) is 0 Å². The van der Waals surface area contributed by atoms with Crippen LogP contribution in [0.25, 0.3) is 0 Å². The van der Waals surface area contributed by atoms with Gasteiger partial charge >= 0.3 is 71.6 Å². The average Bonchev–Trinajstić information content (AvgIpc) is 0.896. The van der Waals surface area contributed by atoms with Crippen molar-refractivity contribution in [3.8, 4) is 0 Å². The number of rotatable bonds is 64. The number of nitrogens with two attached hydrogens (primary N) is 4. The van der Waals surface area contributed by atoms with Gasteiger partial charge in [0.15, 0.2) is 0 Å². The van der Waals surface area contributed by atoms with Crippen molar-refractivity contribution in [2.75, 3.05) is 73.8 Å². The second kappa shape index (κ2) is 72.2. The Morgan fingerprint density at radius 3 is 0.682 bits per heavy atom. The first-order valence-corrected chi connectivity index (χ1v) is 46.2. The van der Waals surface area contributed by atoms with Crippen molar-refractivity contribution >= 4 is 229 Å². The van der Waals surface area contributed by atoms with Gasteiger partial charge in [-0.3, -0.25) is 105 Å². The molecule has 720 valence electrons. The summed E-state index contributed by atoms with van der Waals surface area (Å²) >= 11 is 0. The zero-order valence-electron chi connectivity index (χ0n) is 68.7. The molecule has 0 aliphatic rings. The largest absolute Gasteiger partial charge is 0.480 e. The summed E-state index contributed by atoms with van der Waals surface area (Å²) in [5.41, 5.74) is 20.9. The Morgan fingerprint density at radius 1 is 0.265 bits per heavy atom. The number of aliphatic carboxylic acids is 12. The summed E-state index contributed by atoms with van der Waals surface area (Å²) in [5.74, 6) is -28.7. The Morgan fingerprint density at radius 2 is 0.477 bits per heavy atom. The van der Waals surface area contributed by atoms with Gasteiger partial charge in [0.2, 0.25) is 47.3 Å². The molecule has 32 N–H and O–H groups in total. The van der Waals surface area contributed by atoms with Crippen molar-refractivity contribution in [3.05, 3.63) is 70.8 Å². The van der Waals surface area contributed by atoms with Crippen LogP contribution >= 0.6 is 86.4 Å². The number of carbonyl (C=O) groups excluding carboxylic acids is 12. The molecule has 2 aromatic carbocycles. The molecule has 4 radical (unpaired) electrons. The van der Waals surface area contributed by atoms with Gasteiger partial charge in [-0.1, -0.05) is 98.5 Å². The van der Waals surface area contributed by atoms with Crippen molar-refractivity contribution in [3.63, 3.8) is 0 Å². The molecule has 0 saturated carbocycles. The van der Waals surface area contributed by atoms with E-state index in [1.54, 1.807) is 0 Å². The van der Waals surface area contributed by atoms with E-state index in [2.05, 4.69) is 63.8 Å². The number of carboxylic acids is 12. The van der Waals surface area contributed by atoms with E-state index < -0.39 is 266 Å². The monoisotopic (exact) mass is 2320 g/mol. The maximum Gasteiger partial charge on any atom is 0.327 e. The molecule has 0 heterocycles. The van der Waals surface area contributed by atoms with Gasteiger partial charge in [0.05, 0.1) is 0 Å². The van der Waals surface area contributed by atoms with Gasteiger partial charge in [0.1, 0.15) is 97.1 Å². The van der Waals surface area contributed by atoms with Gasteiger partial charge in [0.25, 0.3) is 23.6 Å². The summed E-state index contributed by atoms with van der Waals surface area (Å²) in [6.07, 6.45) is -2.65. The van der Waals surface area contributed by atoms with Crippen LogP contribution in [-0.4, -0.2) is 349 Å². The Balaban J connectivity index is -0.00000120. The van der Waals surface area contributed by atoms with Crippen molar-refractivity contribution in [2.24, 2.45) is 22.9 Å². The second-order valence-electron chi connectivity index (χ2n) is 25.7. The Kier molecular flexibility index (Phi) is 71.7. The summed E-state index contributed by atoms with van der Waals surface area (Å²) in [7, 11) is 6.39. The molecule has 12 atom stereocenters. The smallest absolute Gasteiger partial charge is 0.327 e. The van der Waals surface area contributed by atoms with E-state index in [-0.39, 0.29) is 226 Å². The minimum Gasteiger partial charge on any atom is -0.480 e. The molecule has 0 fully saturated rings. The summed E-state index contributed by atoms with van der Waals surface area (Å²) in [4.78, 5) is 287. The molecule has 52 nitrogen and oxygen atoms in total. The van der Waals surface area contributed by atoms with E-state index in [9.17, 15) is 135 Å². The molecule has 132 heavy (non-hydrogen) atoms. The normalized spacial score (nSPS) is 13.1. The molecule has 0 aliphatic heterocycles. The second-order valence-corrected chi connectivity index (χ2v) is 36.1. The summed E-state index contributed by atoms with van der Waals surface area (Å²) in [6.45, 7) is -4.15. The van der Waals surface area contributed by atoms with E-state index in [4.69, 9.17) is 63.8 Å². The van der Waals surface area contributed by atoms with E-state index in [0.29, 0.717) is 21.6 Å². The molecule has 2 rings (SSSR count). The Bertz CT molecular complexity index is 4090. The van der Waals surface area contributed by atoms with Crippen molar-refractivity contribution in [2.45, 2.75) is 122 Å². The number of carbonyl (C=O) groups is 24. The summed E-state index contributed by atoms with van der Waals surface area (Å²) in [5, 5.41) is 134. The van der Waals surface area contributed by atoms with Crippen LogP contribution in [0.5, 0.6) is 0 Å². The molecule has 0 bridgehead atoms. The fourth-order valence-corrected chi connectivity index (χ4v) is 18.3. The average molecular weight is 2320 g/mol. The van der Waals surface area contributed by atoms with Gasteiger partial charge < -0.3 is 148 Å². The molecule has 12 unspecified atom stereocenters. The number of hydrogen-bond acceptors (Lipinski definition) is 36. The van der Waals surface area contributed by atoms with Crippen LogP contribution in [0, 0.1) is 0 Å². The quantitative estimate of drug-likeness (QED) is 0.0216. The summed E-state index contributed by atoms with van der Waals surface area (Å²) in [6, 6.07) is -4.12. The van der Waals surface area contributed by atoms with Crippen molar-refractivity contribution < 1.29 is 307 Å². The Labute approximate surface area is 879 Å². The fraction of sp³-hybridized carbons (Fsp3) is 0.471. The van der Waals surface area contributed by atoms with E-state index >= 15 is 0 Å². The summed E-state index contributed by atoms with van der Waals surface area (Å²) < 4.78 is 0. The predicted molar refractivity (Wildman–Crippen MR) is 458 cm³/mol. The molecule has 0 aliphatic carbocycles. The molecule has 64 heteroatoms. The van der Waals surface area contributed by atoms with Crippen LogP contribution in [0.4, 0.5) is 0 Å². The zero-order chi connectivity index (χ0) is 97.0. The number of hydrogen-bond donors (Lipinski definition) is 28. The van der Waals surface area contributed by atoms with E-state index in [1.807, 2.05) is 0 Å². The predicted octanol–water partition coefficient (Wildman–Crippen LogP) is -6.87. The van der Waals surface area contributed by atoms with Crippen LogP contribution in [-0.2, 0) is 227 Å². The molecule has 12 amide bonds. The maximum atomic E-state index is 13.1. The van der Waals surface area contributed by atoms with Crippen LogP contribution in [0.3, 0.4) is 0 Å². The third kappa shape index (κ3) is 58.3. The topological polar surface area (TPSA) is 901 Å². The van der Waals surface area contributed by atoms with E-state index in [1.165, 1.54) is 36.4 Å². The number of amides is 12. The van der Waals surface area contributed by atoms with Crippen molar-refractivity contribution in [1.82, 2.24) is 63.8 Å².